The lowest BCUT2D eigenvalue weighted by Crippen LogP contribution is -2.33. The highest BCUT2D eigenvalue weighted by molar-refractivity contribution is 7.89. The van der Waals surface area contributed by atoms with Crippen LogP contribution in [0.2, 0.25) is 0 Å². The standard InChI is InChI=1S/C22H32N4O4S/c1-4-26(5-2)31(29,30)17-6-7-20-18(14-17)19(15-21(27)24-20)22(28)23-11-8-16-9-12-25(3)13-10-16/h6-7,14-16H,4-5,8-13H2,1-3H3,(H,23,28)(H,24,27). The van der Waals surface area contributed by atoms with E-state index in [1.807, 2.05) is 0 Å². The van der Waals surface area contributed by atoms with Crippen molar-refractivity contribution in [1.82, 2.24) is 19.5 Å². The molecular formula is C22H32N4O4S. The zero-order valence-electron chi connectivity index (χ0n) is 18.5. The Morgan fingerprint density at radius 3 is 2.52 bits per heavy atom. The normalized spacial score (nSPS) is 16.1. The number of hydrogen-bond acceptors (Lipinski definition) is 5. The van der Waals surface area contributed by atoms with Crippen LogP contribution in [0.5, 0.6) is 0 Å². The highest BCUT2D eigenvalue weighted by Crippen LogP contribution is 2.23. The first kappa shape index (κ1) is 23.4. The van der Waals surface area contributed by atoms with Crippen LogP contribution < -0.4 is 10.9 Å². The number of hydrogen-bond donors (Lipinski definition) is 2. The van der Waals surface area contributed by atoms with Crippen molar-refractivity contribution in [3.05, 3.63) is 40.2 Å². The molecule has 31 heavy (non-hydrogen) atoms. The molecule has 9 heteroatoms. The summed E-state index contributed by atoms with van der Waals surface area (Å²) in [6, 6.07) is 5.72. The van der Waals surface area contributed by atoms with Gasteiger partial charge in [-0.2, -0.15) is 4.31 Å². The van der Waals surface area contributed by atoms with E-state index in [0.29, 0.717) is 36.5 Å². The Morgan fingerprint density at radius 1 is 1.19 bits per heavy atom. The molecule has 1 aromatic carbocycles. The van der Waals surface area contributed by atoms with Gasteiger partial charge in [-0.25, -0.2) is 8.42 Å². The van der Waals surface area contributed by atoms with Gasteiger partial charge in [0.1, 0.15) is 0 Å². The molecule has 2 aromatic rings. The number of benzene rings is 1. The fourth-order valence-corrected chi connectivity index (χ4v) is 5.61. The second-order valence-corrected chi connectivity index (χ2v) is 10.1. The maximum absolute atomic E-state index is 12.9. The molecule has 0 atom stereocenters. The molecule has 8 nitrogen and oxygen atoms in total. The van der Waals surface area contributed by atoms with E-state index in [9.17, 15) is 18.0 Å². The fraction of sp³-hybridized carbons (Fsp3) is 0.545. The SMILES string of the molecule is CCN(CC)S(=O)(=O)c1ccc2[nH]c(=O)cc(C(=O)NCCC3CCN(C)CC3)c2c1. The van der Waals surface area contributed by atoms with E-state index in [2.05, 4.69) is 22.2 Å². The average Bonchev–Trinajstić information content (AvgIpc) is 2.74. The topological polar surface area (TPSA) is 103 Å². The van der Waals surface area contributed by atoms with Crippen molar-refractivity contribution in [2.75, 3.05) is 39.8 Å². The Bertz CT molecular complexity index is 1080. The van der Waals surface area contributed by atoms with Crippen molar-refractivity contribution in [1.29, 1.82) is 0 Å². The van der Waals surface area contributed by atoms with E-state index in [0.717, 1.165) is 32.4 Å². The third-order valence-corrected chi connectivity index (χ3v) is 8.12. The van der Waals surface area contributed by atoms with Crippen LogP contribution in [-0.2, 0) is 10.0 Å². The zero-order valence-corrected chi connectivity index (χ0v) is 19.3. The average molecular weight is 449 g/mol. The molecular weight excluding hydrogens is 416 g/mol. The molecule has 0 saturated carbocycles. The molecule has 2 heterocycles. The van der Waals surface area contributed by atoms with Gasteiger partial charge in [-0.1, -0.05) is 13.8 Å². The molecule has 0 aliphatic carbocycles. The van der Waals surface area contributed by atoms with Crippen LogP contribution >= 0.6 is 0 Å². The van der Waals surface area contributed by atoms with Gasteiger partial charge in [-0.3, -0.25) is 9.59 Å². The van der Waals surface area contributed by atoms with Gasteiger partial charge in [0, 0.05) is 36.6 Å². The van der Waals surface area contributed by atoms with Crippen LogP contribution in [0.25, 0.3) is 10.9 Å². The maximum atomic E-state index is 12.9. The number of sulfonamides is 1. The van der Waals surface area contributed by atoms with E-state index in [1.54, 1.807) is 19.9 Å². The molecule has 1 amide bonds. The highest BCUT2D eigenvalue weighted by atomic mass is 32.2. The van der Waals surface area contributed by atoms with E-state index >= 15 is 0 Å². The van der Waals surface area contributed by atoms with Gasteiger partial charge >= 0.3 is 0 Å². The van der Waals surface area contributed by atoms with Crippen molar-refractivity contribution in [2.24, 2.45) is 5.92 Å². The molecule has 2 N–H and O–H groups in total. The number of pyridine rings is 1. The van der Waals surface area contributed by atoms with Gasteiger partial charge < -0.3 is 15.2 Å². The Kier molecular flexibility index (Phi) is 7.51. The van der Waals surface area contributed by atoms with Crippen LogP contribution in [0.1, 0.15) is 43.5 Å². The Balaban J connectivity index is 1.83. The molecule has 0 spiro atoms. The molecule has 1 aromatic heterocycles. The first-order chi connectivity index (χ1) is 14.8. The van der Waals surface area contributed by atoms with Gasteiger partial charge in [0.15, 0.2) is 0 Å². The van der Waals surface area contributed by atoms with E-state index in [-0.39, 0.29) is 16.4 Å². The molecule has 0 radical (unpaired) electrons. The van der Waals surface area contributed by atoms with Crippen molar-refractivity contribution < 1.29 is 13.2 Å². The Hall–Kier alpha value is -2.23. The molecule has 1 fully saturated rings. The Morgan fingerprint density at radius 2 is 1.87 bits per heavy atom. The van der Waals surface area contributed by atoms with E-state index in [1.165, 1.54) is 22.5 Å². The monoisotopic (exact) mass is 448 g/mol. The van der Waals surface area contributed by atoms with Gasteiger partial charge in [-0.15, -0.1) is 0 Å². The number of fused-ring (bicyclic) bond motifs is 1. The van der Waals surface area contributed by atoms with Gasteiger partial charge in [0.25, 0.3) is 5.91 Å². The molecule has 0 bridgehead atoms. The van der Waals surface area contributed by atoms with Gasteiger partial charge in [0.2, 0.25) is 15.6 Å². The third kappa shape index (κ3) is 5.34. The predicted molar refractivity (Wildman–Crippen MR) is 122 cm³/mol. The van der Waals surface area contributed by atoms with Crippen molar-refractivity contribution >= 4 is 26.8 Å². The zero-order chi connectivity index (χ0) is 22.6. The number of H-pyrrole nitrogens is 1. The summed E-state index contributed by atoms with van der Waals surface area (Å²) in [4.78, 5) is 30.1. The van der Waals surface area contributed by atoms with E-state index in [4.69, 9.17) is 0 Å². The number of aromatic amines is 1. The number of rotatable bonds is 8. The lowest BCUT2D eigenvalue weighted by Gasteiger charge is -2.28. The van der Waals surface area contributed by atoms with E-state index < -0.39 is 15.6 Å². The minimum atomic E-state index is -3.68. The number of carbonyl (C=O) groups is 1. The summed E-state index contributed by atoms with van der Waals surface area (Å²) in [5.74, 6) is 0.222. The second-order valence-electron chi connectivity index (χ2n) is 8.14. The number of aromatic nitrogens is 1. The lowest BCUT2D eigenvalue weighted by atomic mass is 9.94. The lowest BCUT2D eigenvalue weighted by molar-refractivity contribution is 0.0950. The largest absolute Gasteiger partial charge is 0.352 e. The molecule has 1 aliphatic rings. The molecule has 3 rings (SSSR count). The molecule has 0 unspecified atom stereocenters. The van der Waals surface area contributed by atoms with Crippen LogP contribution in [0.4, 0.5) is 0 Å². The summed E-state index contributed by atoms with van der Waals surface area (Å²) in [7, 11) is -1.56. The molecule has 1 aliphatic heterocycles. The number of amides is 1. The Labute approximate surface area is 183 Å². The summed E-state index contributed by atoms with van der Waals surface area (Å²) >= 11 is 0. The molecule has 170 valence electrons. The third-order valence-electron chi connectivity index (χ3n) is 6.08. The first-order valence-electron chi connectivity index (χ1n) is 10.9. The smallest absolute Gasteiger partial charge is 0.252 e. The summed E-state index contributed by atoms with van der Waals surface area (Å²) in [5, 5.41) is 3.34. The number of likely N-dealkylation sites (tertiary alicyclic amines) is 1. The van der Waals surface area contributed by atoms with Crippen molar-refractivity contribution in [3.8, 4) is 0 Å². The second kappa shape index (κ2) is 9.93. The maximum Gasteiger partial charge on any atom is 0.252 e. The van der Waals surface area contributed by atoms with Crippen LogP contribution in [0.3, 0.4) is 0 Å². The van der Waals surface area contributed by atoms with Crippen molar-refractivity contribution in [2.45, 2.75) is 38.0 Å². The van der Waals surface area contributed by atoms with Crippen LogP contribution in [0.15, 0.2) is 34.0 Å². The predicted octanol–water partition coefficient (Wildman–Crippen LogP) is 2.02. The van der Waals surface area contributed by atoms with Crippen LogP contribution in [0, 0.1) is 5.92 Å². The number of nitrogens with zero attached hydrogens (tertiary/aromatic N) is 2. The minimum Gasteiger partial charge on any atom is -0.352 e. The first-order valence-corrected chi connectivity index (χ1v) is 12.3. The number of nitrogens with one attached hydrogen (secondary N) is 2. The summed E-state index contributed by atoms with van der Waals surface area (Å²) in [6.07, 6.45) is 3.13. The van der Waals surface area contributed by atoms with Crippen molar-refractivity contribution in [3.63, 3.8) is 0 Å². The summed E-state index contributed by atoms with van der Waals surface area (Å²) in [6.45, 7) is 6.94. The van der Waals surface area contributed by atoms with Gasteiger partial charge in [-0.05, 0) is 63.5 Å². The number of carbonyl (C=O) groups excluding carboxylic acids is 1. The summed E-state index contributed by atoms with van der Waals surface area (Å²) < 4.78 is 27.2. The fourth-order valence-electron chi connectivity index (χ4n) is 4.13. The molecule has 1 saturated heterocycles. The minimum absolute atomic E-state index is 0.108. The van der Waals surface area contributed by atoms with Crippen LogP contribution in [-0.4, -0.2) is 68.3 Å². The summed E-state index contributed by atoms with van der Waals surface area (Å²) in [5.41, 5.74) is 0.234. The van der Waals surface area contributed by atoms with Gasteiger partial charge in [0.05, 0.1) is 10.5 Å². The number of piperidine rings is 1. The quantitative estimate of drug-likeness (QED) is 0.643. The highest BCUT2D eigenvalue weighted by Gasteiger charge is 2.23.